The van der Waals surface area contributed by atoms with Crippen LogP contribution in [0.4, 0.5) is 0 Å². The number of rotatable bonds is 6. The van der Waals surface area contributed by atoms with Crippen LogP contribution >= 0.6 is 11.6 Å². The molecule has 2 aromatic carbocycles. The fourth-order valence-corrected chi connectivity index (χ4v) is 3.61. The third-order valence-electron chi connectivity index (χ3n) is 5.00. The lowest BCUT2D eigenvalue weighted by atomic mass is 9.89. The number of fused-ring (bicyclic) bond motifs is 1. The first-order valence-corrected chi connectivity index (χ1v) is 9.79. The summed E-state index contributed by atoms with van der Waals surface area (Å²) in [5, 5.41) is 3.60. The van der Waals surface area contributed by atoms with E-state index in [0.29, 0.717) is 17.2 Å². The lowest BCUT2D eigenvalue weighted by Gasteiger charge is -2.23. The first-order valence-electron chi connectivity index (χ1n) is 9.41. The molecule has 3 rings (SSSR count). The third kappa shape index (κ3) is 4.39. The minimum Gasteiger partial charge on any atom is -0.479 e. The van der Waals surface area contributed by atoms with E-state index in [4.69, 9.17) is 16.3 Å². The molecule has 0 aromatic heterocycles. The van der Waals surface area contributed by atoms with E-state index < -0.39 is 6.10 Å². The van der Waals surface area contributed by atoms with Crippen molar-refractivity contribution >= 4 is 17.5 Å². The first-order chi connectivity index (χ1) is 12.6. The molecule has 0 saturated carbocycles. The summed E-state index contributed by atoms with van der Waals surface area (Å²) in [6.45, 7) is 3.95. The van der Waals surface area contributed by atoms with Gasteiger partial charge in [0.15, 0.2) is 6.10 Å². The molecule has 0 saturated heterocycles. The van der Waals surface area contributed by atoms with E-state index in [2.05, 4.69) is 23.5 Å². The third-order valence-corrected chi connectivity index (χ3v) is 5.31. The highest BCUT2D eigenvalue weighted by Crippen LogP contribution is 2.26. The Bertz CT molecular complexity index is 774. The van der Waals surface area contributed by atoms with Crippen molar-refractivity contribution in [1.29, 1.82) is 0 Å². The maximum absolute atomic E-state index is 12.7. The zero-order valence-electron chi connectivity index (χ0n) is 15.4. The molecule has 3 nitrogen and oxygen atoms in total. The monoisotopic (exact) mass is 371 g/mol. The van der Waals surface area contributed by atoms with Gasteiger partial charge in [0.1, 0.15) is 5.75 Å². The Morgan fingerprint density at radius 3 is 2.62 bits per heavy atom. The molecule has 26 heavy (non-hydrogen) atoms. The number of para-hydroxylation sites is 1. The van der Waals surface area contributed by atoms with Gasteiger partial charge in [-0.2, -0.15) is 0 Å². The van der Waals surface area contributed by atoms with Gasteiger partial charge in [-0.25, -0.2) is 0 Å². The van der Waals surface area contributed by atoms with Crippen molar-refractivity contribution in [2.75, 3.05) is 0 Å². The molecule has 0 heterocycles. The van der Waals surface area contributed by atoms with Crippen LogP contribution in [0.25, 0.3) is 0 Å². The Balaban J connectivity index is 1.66. The summed E-state index contributed by atoms with van der Waals surface area (Å²) < 4.78 is 5.84. The summed E-state index contributed by atoms with van der Waals surface area (Å²) in [6.07, 6.45) is 4.84. The van der Waals surface area contributed by atoms with Gasteiger partial charge in [-0.1, -0.05) is 48.9 Å². The van der Waals surface area contributed by atoms with E-state index >= 15 is 0 Å². The highest BCUT2D eigenvalue weighted by molar-refractivity contribution is 6.32. The van der Waals surface area contributed by atoms with Crippen molar-refractivity contribution in [2.45, 2.75) is 58.1 Å². The van der Waals surface area contributed by atoms with E-state index in [-0.39, 0.29) is 11.9 Å². The van der Waals surface area contributed by atoms with E-state index in [9.17, 15) is 4.79 Å². The Kier molecular flexibility index (Phi) is 6.20. The Morgan fingerprint density at radius 2 is 1.88 bits per heavy atom. The molecular weight excluding hydrogens is 346 g/mol. The van der Waals surface area contributed by atoms with Gasteiger partial charge in [0.05, 0.1) is 11.1 Å². The second-order valence-electron chi connectivity index (χ2n) is 6.91. The van der Waals surface area contributed by atoms with Gasteiger partial charge in [0.2, 0.25) is 0 Å². The molecule has 0 bridgehead atoms. The molecule has 0 radical (unpaired) electrons. The van der Waals surface area contributed by atoms with Crippen LogP contribution in [0.3, 0.4) is 0 Å². The maximum atomic E-state index is 12.7. The second-order valence-corrected chi connectivity index (χ2v) is 7.32. The molecule has 138 valence electrons. The largest absolute Gasteiger partial charge is 0.479 e. The molecule has 1 aliphatic carbocycles. The van der Waals surface area contributed by atoms with E-state index in [1.165, 1.54) is 30.4 Å². The van der Waals surface area contributed by atoms with Crippen LogP contribution in [0, 0.1) is 0 Å². The van der Waals surface area contributed by atoms with Crippen molar-refractivity contribution in [2.24, 2.45) is 0 Å². The number of hydrogen-bond acceptors (Lipinski definition) is 2. The van der Waals surface area contributed by atoms with Gasteiger partial charge >= 0.3 is 0 Å². The quantitative estimate of drug-likeness (QED) is 0.752. The fourth-order valence-electron chi connectivity index (χ4n) is 3.43. The molecule has 1 amide bonds. The van der Waals surface area contributed by atoms with Gasteiger partial charge in [0.25, 0.3) is 5.91 Å². The molecule has 0 spiro atoms. The summed E-state index contributed by atoms with van der Waals surface area (Å²) in [4.78, 5) is 12.7. The number of hydrogen-bond donors (Lipinski definition) is 1. The number of carbonyl (C=O) groups is 1. The minimum absolute atomic E-state index is 0.0568. The molecular formula is C22H26ClNO2. The van der Waals surface area contributed by atoms with E-state index in [1.807, 2.05) is 26.0 Å². The van der Waals surface area contributed by atoms with Crippen molar-refractivity contribution in [3.63, 3.8) is 0 Å². The second kappa shape index (κ2) is 8.59. The average Bonchev–Trinajstić information content (AvgIpc) is 2.66. The number of aryl methyl sites for hydroxylation is 2. The highest BCUT2D eigenvalue weighted by Gasteiger charge is 2.22. The molecule has 1 aliphatic rings. The minimum atomic E-state index is -0.560. The summed E-state index contributed by atoms with van der Waals surface area (Å²) in [5.74, 6) is 0.426. The molecule has 0 aliphatic heterocycles. The first kappa shape index (κ1) is 18.8. The maximum Gasteiger partial charge on any atom is 0.261 e. The molecule has 0 fully saturated rings. The van der Waals surface area contributed by atoms with Gasteiger partial charge in [-0.05, 0) is 67.9 Å². The molecule has 2 atom stereocenters. The number of nitrogens with one attached hydrogen (secondary N) is 1. The number of halogens is 1. The number of benzene rings is 2. The molecule has 4 heteroatoms. The molecule has 2 aromatic rings. The van der Waals surface area contributed by atoms with E-state index in [1.54, 1.807) is 12.1 Å². The highest BCUT2D eigenvalue weighted by atomic mass is 35.5. The zero-order valence-corrected chi connectivity index (χ0v) is 16.2. The van der Waals surface area contributed by atoms with Crippen LogP contribution in [-0.2, 0) is 17.6 Å². The summed E-state index contributed by atoms with van der Waals surface area (Å²) in [6, 6.07) is 13.8. The lowest BCUT2D eigenvalue weighted by Crippen LogP contribution is -2.39. The van der Waals surface area contributed by atoms with Crippen LogP contribution < -0.4 is 10.1 Å². The van der Waals surface area contributed by atoms with Gasteiger partial charge in [0, 0.05) is 0 Å². The zero-order chi connectivity index (χ0) is 18.5. The SMILES string of the molecule is CC[C@H](Oc1ccccc1Cl)C(=O)N[C@H](C)c1ccc2c(c1)CCCC2. The fraction of sp³-hybridized carbons (Fsp3) is 0.409. The summed E-state index contributed by atoms with van der Waals surface area (Å²) in [7, 11) is 0. The molecule has 1 N–H and O–H groups in total. The number of carbonyl (C=O) groups excluding carboxylic acids is 1. The molecule has 0 unspecified atom stereocenters. The Morgan fingerprint density at radius 1 is 1.15 bits per heavy atom. The van der Waals surface area contributed by atoms with Crippen LogP contribution in [0.1, 0.15) is 55.8 Å². The average molecular weight is 372 g/mol. The van der Waals surface area contributed by atoms with Crippen molar-refractivity contribution in [3.8, 4) is 5.75 Å². The van der Waals surface area contributed by atoms with Crippen LogP contribution in [-0.4, -0.2) is 12.0 Å². The van der Waals surface area contributed by atoms with Gasteiger partial charge < -0.3 is 10.1 Å². The summed E-state index contributed by atoms with van der Waals surface area (Å²) in [5.41, 5.74) is 4.02. The predicted molar refractivity (Wildman–Crippen MR) is 106 cm³/mol. The smallest absolute Gasteiger partial charge is 0.261 e. The van der Waals surface area contributed by atoms with E-state index in [0.717, 1.165) is 12.0 Å². The van der Waals surface area contributed by atoms with Crippen LogP contribution in [0.2, 0.25) is 5.02 Å². The van der Waals surface area contributed by atoms with Crippen molar-refractivity contribution in [1.82, 2.24) is 5.32 Å². The topological polar surface area (TPSA) is 38.3 Å². The Hall–Kier alpha value is -2.00. The normalized spacial score (nSPS) is 15.7. The van der Waals surface area contributed by atoms with Crippen molar-refractivity contribution in [3.05, 3.63) is 64.2 Å². The Labute approximate surface area is 160 Å². The predicted octanol–water partition coefficient (Wildman–Crippen LogP) is 5.25. The number of ether oxygens (including phenoxy) is 1. The summed E-state index contributed by atoms with van der Waals surface area (Å²) >= 11 is 6.14. The van der Waals surface area contributed by atoms with Crippen LogP contribution in [0.5, 0.6) is 5.75 Å². The van der Waals surface area contributed by atoms with Gasteiger partial charge in [-0.3, -0.25) is 4.79 Å². The van der Waals surface area contributed by atoms with Crippen LogP contribution in [0.15, 0.2) is 42.5 Å². The van der Waals surface area contributed by atoms with Crippen molar-refractivity contribution < 1.29 is 9.53 Å². The standard InChI is InChI=1S/C22H26ClNO2/c1-3-20(26-21-11-7-6-10-19(21)23)22(25)24-15(2)17-13-12-16-8-4-5-9-18(16)14-17/h6-7,10-15,20H,3-5,8-9H2,1-2H3,(H,24,25)/t15-,20+/m1/s1. The number of amides is 1. The van der Waals surface area contributed by atoms with Gasteiger partial charge in [-0.15, -0.1) is 0 Å². The lowest BCUT2D eigenvalue weighted by molar-refractivity contribution is -0.128.